The number of benzene rings is 2. The summed E-state index contributed by atoms with van der Waals surface area (Å²) in [6, 6.07) is 9.83. The minimum Gasteiger partial charge on any atom is -0.456 e. The third-order valence-corrected chi connectivity index (χ3v) is 3.97. The molecule has 1 aromatic heterocycles. The first-order chi connectivity index (χ1) is 12.7. The summed E-state index contributed by atoms with van der Waals surface area (Å²) in [5, 5.41) is 10.1. The van der Waals surface area contributed by atoms with Gasteiger partial charge in [0.05, 0.1) is 22.0 Å². The van der Waals surface area contributed by atoms with Crippen LogP contribution < -0.4 is 11.1 Å². The number of anilines is 2. The molecular formula is C19H19ClN4O3. The van der Waals surface area contributed by atoms with Gasteiger partial charge in [-0.1, -0.05) is 23.7 Å². The Morgan fingerprint density at radius 3 is 2.56 bits per heavy atom. The van der Waals surface area contributed by atoms with E-state index in [4.69, 9.17) is 22.1 Å². The Kier molecular flexibility index (Phi) is 4.80. The number of nitrogen functional groups attached to an aromatic ring is 1. The Hall–Kier alpha value is -3.06. The Balaban J connectivity index is 2.01. The van der Waals surface area contributed by atoms with E-state index >= 15 is 0 Å². The van der Waals surface area contributed by atoms with Crippen molar-refractivity contribution in [3.05, 3.63) is 52.7 Å². The number of amides is 1. The van der Waals surface area contributed by atoms with Crippen LogP contribution in [0.1, 0.15) is 41.5 Å². The molecule has 3 aromatic rings. The number of ether oxygens (including phenoxy) is 1. The maximum Gasteiger partial charge on any atom is 0.339 e. The van der Waals surface area contributed by atoms with Crippen LogP contribution >= 0.6 is 11.6 Å². The summed E-state index contributed by atoms with van der Waals surface area (Å²) < 4.78 is 5.45. The fourth-order valence-corrected chi connectivity index (χ4v) is 2.82. The molecule has 8 heteroatoms. The van der Waals surface area contributed by atoms with Crippen LogP contribution in [-0.2, 0) is 4.74 Å². The number of hydrogen-bond acceptors (Lipinski definition) is 5. The second-order valence-corrected chi connectivity index (χ2v) is 7.38. The zero-order valence-electron chi connectivity index (χ0n) is 15.1. The Bertz CT molecular complexity index is 1040. The highest BCUT2D eigenvalue weighted by Crippen LogP contribution is 2.30. The third kappa shape index (κ3) is 4.03. The fourth-order valence-electron chi connectivity index (χ4n) is 2.58. The van der Waals surface area contributed by atoms with Crippen molar-refractivity contribution in [1.82, 2.24) is 10.2 Å². The fraction of sp³-hybridized carbons (Fsp3) is 0.211. The van der Waals surface area contributed by atoms with Gasteiger partial charge in [0, 0.05) is 11.4 Å². The standard InChI is InChI=1S/C19H19ClN4O3/c1-19(2,3)27-18(26)12-8-10(9-14-15(12)16(20)24-23-14)22-17(25)11-6-4-5-7-13(11)21/h4-9H,21H2,1-3H3,(H,22,25)(H,23,24). The molecule has 0 saturated carbocycles. The van der Waals surface area contributed by atoms with Crippen molar-refractivity contribution in [1.29, 1.82) is 0 Å². The van der Waals surface area contributed by atoms with E-state index in [1.807, 2.05) is 0 Å². The lowest BCUT2D eigenvalue weighted by atomic mass is 10.1. The van der Waals surface area contributed by atoms with Crippen LogP contribution in [0.15, 0.2) is 36.4 Å². The van der Waals surface area contributed by atoms with E-state index < -0.39 is 17.5 Å². The molecule has 1 amide bonds. The maximum absolute atomic E-state index is 12.6. The summed E-state index contributed by atoms with van der Waals surface area (Å²) in [7, 11) is 0. The smallest absolute Gasteiger partial charge is 0.339 e. The largest absolute Gasteiger partial charge is 0.456 e. The van der Waals surface area contributed by atoms with Gasteiger partial charge >= 0.3 is 5.97 Å². The van der Waals surface area contributed by atoms with Gasteiger partial charge in [0.2, 0.25) is 0 Å². The molecule has 7 nitrogen and oxygen atoms in total. The van der Waals surface area contributed by atoms with Crippen LogP contribution in [0, 0.1) is 0 Å². The zero-order valence-corrected chi connectivity index (χ0v) is 15.8. The summed E-state index contributed by atoms with van der Waals surface area (Å²) in [5.41, 5.74) is 6.86. The highest BCUT2D eigenvalue weighted by molar-refractivity contribution is 6.35. The first-order valence-corrected chi connectivity index (χ1v) is 8.60. The molecule has 0 bridgehead atoms. The van der Waals surface area contributed by atoms with Gasteiger partial charge < -0.3 is 15.8 Å². The molecule has 0 aliphatic carbocycles. The maximum atomic E-state index is 12.6. The number of H-pyrrole nitrogens is 1. The molecule has 3 rings (SSSR count). The normalized spacial score (nSPS) is 11.4. The molecule has 27 heavy (non-hydrogen) atoms. The van der Waals surface area contributed by atoms with Crippen molar-refractivity contribution in [2.24, 2.45) is 0 Å². The summed E-state index contributed by atoms with van der Waals surface area (Å²) in [6.07, 6.45) is 0. The highest BCUT2D eigenvalue weighted by Gasteiger charge is 2.23. The van der Waals surface area contributed by atoms with Crippen LogP contribution in [0.4, 0.5) is 11.4 Å². The quantitative estimate of drug-likeness (QED) is 0.465. The van der Waals surface area contributed by atoms with Gasteiger partial charge in [-0.25, -0.2) is 4.79 Å². The van der Waals surface area contributed by atoms with E-state index in [0.29, 0.717) is 27.8 Å². The molecule has 0 fully saturated rings. The van der Waals surface area contributed by atoms with Crippen molar-refractivity contribution in [3.8, 4) is 0 Å². The molecule has 0 atom stereocenters. The highest BCUT2D eigenvalue weighted by atomic mass is 35.5. The molecule has 4 N–H and O–H groups in total. The van der Waals surface area contributed by atoms with Gasteiger partial charge in [0.1, 0.15) is 10.8 Å². The van der Waals surface area contributed by atoms with Crippen molar-refractivity contribution in [2.45, 2.75) is 26.4 Å². The number of fused-ring (bicyclic) bond motifs is 1. The number of nitrogens with one attached hydrogen (secondary N) is 2. The lowest BCUT2D eigenvalue weighted by Crippen LogP contribution is -2.24. The average Bonchev–Trinajstić information content (AvgIpc) is 2.94. The minimum absolute atomic E-state index is 0.206. The summed E-state index contributed by atoms with van der Waals surface area (Å²) in [6.45, 7) is 5.30. The predicted molar refractivity (Wildman–Crippen MR) is 105 cm³/mol. The van der Waals surface area contributed by atoms with Gasteiger partial charge in [0.25, 0.3) is 5.91 Å². The van der Waals surface area contributed by atoms with Crippen LogP contribution in [0.3, 0.4) is 0 Å². The molecular weight excluding hydrogens is 368 g/mol. The Morgan fingerprint density at radius 1 is 1.19 bits per heavy atom. The first-order valence-electron chi connectivity index (χ1n) is 8.22. The van der Waals surface area contributed by atoms with E-state index in [1.54, 1.807) is 51.1 Å². The van der Waals surface area contributed by atoms with Crippen molar-refractivity contribution >= 4 is 45.8 Å². The van der Waals surface area contributed by atoms with Crippen LogP contribution in [0.5, 0.6) is 0 Å². The summed E-state index contributed by atoms with van der Waals surface area (Å²) >= 11 is 6.14. The lowest BCUT2D eigenvalue weighted by molar-refractivity contribution is 0.00717. The summed E-state index contributed by atoms with van der Waals surface area (Å²) in [5.74, 6) is -0.963. The molecule has 1 heterocycles. The van der Waals surface area contributed by atoms with Crippen molar-refractivity contribution < 1.29 is 14.3 Å². The number of aromatic amines is 1. The van der Waals surface area contributed by atoms with E-state index in [2.05, 4.69) is 15.5 Å². The number of nitrogens with zero attached hydrogens (tertiary/aromatic N) is 1. The van der Waals surface area contributed by atoms with Crippen LogP contribution in [0.2, 0.25) is 5.15 Å². The molecule has 0 saturated heterocycles. The number of para-hydroxylation sites is 1. The molecule has 0 unspecified atom stereocenters. The predicted octanol–water partition coefficient (Wildman–Crippen LogP) is 4.01. The van der Waals surface area contributed by atoms with Gasteiger partial charge in [0.15, 0.2) is 0 Å². The number of carbonyl (C=O) groups excluding carboxylic acids is 2. The third-order valence-electron chi connectivity index (χ3n) is 3.69. The molecule has 140 valence electrons. The zero-order chi connectivity index (χ0) is 19.8. The molecule has 0 spiro atoms. The molecule has 0 aliphatic heterocycles. The van der Waals surface area contributed by atoms with Crippen molar-refractivity contribution in [2.75, 3.05) is 11.1 Å². The summed E-state index contributed by atoms with van der Waals surface area (Å²) in [4.78, 5) is 25.2. The Morgan fingerprint density at radius 2 is 1.89 bits per heavy atom. The molecule has 0 radical (unpaired) electrons. The molecule has 2 aromatic carbocycles. The average molecular weight is 387 g/mol. The van der Waals surface area contributed by atoms with E-state index in [1.165, 1.54) is 6.07 Å². The first kappa shape index (κ1) is 18.7. The second kappa shape index (κ2) is 6.92. The SMILES string of the molecule is CC(C)(C)OC(=O)c1cc(NC(=O)c2ccccc2N)cc2n[nH]c(Cl)c12. The van der Waals surface area contributed by atoms with Gasteiger partial charge in [-0.2, -0.15) is 5.10 Å². The second-order valence-electron chi connectivity index (χ2n) is 7.00. The number of esters is 1. The number of aromatic nitrogens is 2. The number of nitrogens with two attached hydrogens (primary N) is 1. The monoisotopic (exact) mass is 386 g/mol. The topological polar surface area (TPSA) is 110 Å². The van der Waals surface area contributed by atoms with Crippen LogP contribution in [-0.4, -0.2) is 27.7 Å². The van der Waals surface area contributed by atoms with Crippen LogP contribution in [0.25, 0.3) is 10.9 Å². The lowest BCUT2D eigenvalue weighted by Gasteiger charge is -2.20. The number of rotatable bonds is 3. The number of halogens is 1. The van der Waals surface area contributed by atoms with E-state index in [0.717, 1.165) is 0 Å². The number of hydrogen-bond donors (Lipinski definition) is 3. The number of carbonyl (C=O) groups is 2. The van der Waals surface area contributed by atoms with Crippen molar-refractivity contribution in [3.63, 3.8) is 0 Å². The van der Waals surface area contributed by atoms with E-state index in [-0.39, 0.29) is 10.7 Å². The van der Waals surface area contributed by atoms with Gasteiger partial charge in [-0.05, 0) is 45.0 Å². The molecule has 0 aliphatic rings. The van der Waals surface area contributed by atoms with Gasteiger partial charge in [-0.3, -0.25) is 9.89 Å². The van der Waals surface area contributed by atoms with E-state index in [9.17, 15) is 9.59 Å². The minimum atomic E-state index is -0.683. The Labute approximate surface area is 160 Å². The van der Waals surface area contributed by atoms with Gasteiger partial charge in [-0.15, -0.1) is 0 Å².